The zero-order chi connectivity index (χ0) is 22.6. The molecule has 1 aromatic carbocycles. The number of hydrogen-bond donors (Lipinski definition) is 2. The van der Waals surface area contributed by atoms with Crippen molar-refractivity contribution in [2.75, 3.05) is 13.1 Å². The lowest BCUT2D eigenvalue weighted by molar-refractivity contribution is -0.140. The average molecular weight is 442 g/mol. The molecule has 0 bridgehead atoms. The monoisotopic (exact) mass is 441 g/mol. The van der Waals surface area contributed by atoms with Gasteiger partial charge < -0.3 is 15.5 Å². The molecule has 5 nitrogen and oxygen atoms in total. The fourth-order valence-electron chi connectivity index (χ4n) is 5.07. The maximum absolute atomic E-state index is 13.2. The Kier molecular flexibility index (Phi) is 10.5. The number of benzene rings is 1. The smallest absolute Gasteiger partial charge is 0.242 e. The molecule has 2 amide bonds. The van der Waals surface area contributed by atoms with Crippen molar-refractivity contribution in [3.63, 3.8) is 0 Å². The van der Waals surface area contributed by atoms with Crippen molar-refractivity contribution < 1.29 is 9.59 Å². The van der Waals surface area contributed by atoms with Crippen molar-refractivity contribution in [1.82, 2.24) is 15.5 Å². The molecule has 1 saturated heterocycles. The molecule has 2 aliphatic heterocycles. The number of nitrogens with one attached hydrogen (secondary N) is 2. The van der Waals surface area contributed by atoms with E-state index < -0.39 is 0 Å². The summed E-state index contributed by atoms with van der Waals surface area (Å²) in [4.78, 5) is 27.8. The Morgan fingerprint density at radius 2 is 1.62 bits per heavy atom. The molecule has 0 aliphatic carbocycles. The van der Waals surface area contributed by atoms with E-state index in [1.807, 2.05) is 17.0 Å². The third-order valence-electron chi connectivity index (χ3n) is 7.05. The lowest BCUT2D eigenvalue weighted by atomic mass is 9.95. The quantitative estimate of drug-likeness (QED) is 0.435. The van der Waals surface area contributed by atoms with Gasteiger partial charge in [0.05, 0.1) is 6.04 Å². The molecule has 2 aliphatic rings. The molecule has 32 heavy (non-hydrogen) atoms. The van der Waals surface area contributed by atoms with E-state index in [4.69, 9.17) is 0 Å². The Morgan fingerprint density at radius 3 is 2.34 bits per heavy atom. The number of carbonyl (C=O) groups is 2. The molecule has 178 valence electrons. The van der Waals surface area contributed by atoms with Crippen molar-refractivity contribution >= 4 is 11.8 Å². The number of rotatable bonds is 13. The molecule has 5 heteroatoms. The fourth-order valence-corrected chi connectivity index (χ4v) is 5.07. The molecule has 1 unspecified atom stereocenters. The van der Waals surface area contributed by atoms with Crippen molar-refractivity contribution in [3.8, 4) is 0 Å². The number of amides is 2. The van der Waals surface area contributed by atoms with Gasteiger partial charge in [-0.05, 0) is 36.8 Å². The van der Waals surface area contributed by atoms with Crippen molar-refractivity contribution in [2.45, 2.75) is 109 Å². The molecule has 3 rings (SSSR count). The Balaban J connectivity index is 1.32. The van der Waals surface area contributed by atoms with Crippen LogP contribution in [0.1, 0.15) is 95.1 Å². The zero-order valence-electron chi connectivity index (χ0n) is 20.0. The first-order valence-corrected chi connectivity index (χ1v) is 13.1. The van der Waals surface area contributed by atoms with Crippen LogP contribution in [0.15, 0.2) is 24.3 Å². The van der Waals surface area contributed by atoms with E-state index in [-0.39, 0.29) is 23.9 Å². The van der Waals surface area contributed by atoms with Gasteiger partial charge in [-0.3, -0.25) is 9.59 Å². The van der Waals surface area contributed by atoms with Crippen LogP contribution in [0, 0.1) is 0 Å². The minimum atomic E-state index is -0.301. The van der Waals surface area contributed by atoms with Crippen LogP contribution < -0.4 is 10.6 Å². The van der Waals surface area contributed by atoms with E-state index in [9.17, 15) is 9.59 Å². The molecule has 2 N–H and O–H groups in total. The highest BCUT2D eigenvalue weighted by Crippen LogP contribution is 2.22. The van der Waals surface area contributed by atoms with E-state index in [1.165, 1.54) is 68.9 Å². The predicted molar refractivity (Wildman–Crippen MR) is 130 cm³/mol. The summed E-state index contributed by atoms with van der Waals surface area (Å²) in [5, 5.41) is 6.48. The maximum Gasteiger partial charge on any atom is 0.242 e. The van der Waals surface area contributed by atoms with Crippen molar-refractivity contribution in [1.29, 1.82) is 0 Å². The molecule has 0 spiro atoms. The van der Waals surface area contributed by atoms with Crippen LogP contribution in [0.25, 0.3) is 0 Å². The van der Waals surface area contributed by atoms with Crippen molar-refractivity contribution in [3.05, 3.63) is 35.4 Å². The largest absolute Gasteiger partial charge is 0.354 e. The number of likely N-dealkylation sites (tertiary alicyclic amines) is 1. The molecule has 2 heterocycles. The highest BCUT2D eigenvalue weighted by atomic mass is 16.2. The first-order valence-electron chi connectivity index (χ1n) is 13.1. The minimum Gasteiger partial charge on any atom is -0.354 e. The van der Waals surface area contributed by atoms with E-state index >= 15 is 0 Å². The first kappa shape index (κ1) is 24.8. The molecule has 1 fully saturated rings. The van der Waals surface area contributed by atoms with E-state index in [1.54, 1.807) is 0 Å². The Morgan fingerprint density at radius 1 is 0.969 bits per heavy atom. The third kappa shape index (κ3) is 7.33. The Bertz CT molecular complexity index is 721. The third-order valence-corrected chi connectivity index (χ3v) is 7.05. The van der Waals surface area contributed by atoms with Gasteiger partial charge in [-0.1, -0.05) is 89.0 Å². The zero-order valence-corrected chi connectivity index (χ0v) is 20.0. The summed E-state index contributed by atoms with van der Waals surface area (Å²) in [7, 11) is 0. The second-order valence-corrected chi connectivity index (χ2v) is 9.57. The van der Waals surface area contributed by atoms with E-state index in [0.717, 1.165) is 32.4 Å². The van der Waals surface area contributed by atoms with E-state index in [0.29, 0.717) is 13.0 Å². The number of nitrogens with zero attached hydrogens (tertiary/aromatic N) is 1. The van der Waals surface area contributed by atoms with Gasteiger partial charge in [-0.15, -0.1) is 0 Å². The van der Waals surface area contributed by atoms with Gasteiger partial charge in [0, 0.05) is 19.6 Å². The van der Waals surface area contributed by atoms with Crippen LogP contribution in [0.3, 0.4) is 0 Å². The summed E-state index contributed by atoms with van der Waals surface area (Å²) in [5.41, 5.74) is 2.51. The average Bonchev–Trinajstić information content (AvgIpc) is 3.32. The molecular weight excluding hydrogens is 398 g/mol. The van der Waals surface area contributed by atoms with Gasteiger partial charge in [0.2, 0.25) is 11.8 Å². The predicted octanol–water partition coefficient (Wildman–Crippen LogP) is 4.73. The number of unbranched alkanes of at least 4 members (excludes halogenated alkanes) is 9. The molecule has 0 radical (unpaired) electrons. The van der Waals surface area contributed by atoms with Gasteiger partial charge in [0.1, 0.15) is 6.04 Å². The topological polar surface area (TPSA) is 61.4 Å². The van der Waals surface area contributed by atoms with Crippen LogP contribution in [-0.2, 0) is 22.6 Å². The van der Waals surface area contributed by atoms with Gasteiger partial charge in [0.25, 0.3) is 0 Å². The first-order chi connectivity index (χ1) is 15.7. The molecule has 0 aromatic heterocycles. The Labute approximate surface area is 194 Å². The summed E-state index contributed by atoms with van der Waals surface area (Å²) in [6.07, 6.45) is 15.3. The normalized spacial score (nSPS) is 20.2. The Hall–Kier alpha value is -1.88. The van der Waals surface area contributed by atoms with Crippen LogP contribution in [0.2, 0.25) is 0 Å². The second kappa shape index (κ2) is 13.6. The van der Waals surface area contributed by atoms with E-state index in [2.05, 4.69) is 29.7 Å². The summed E-state index contributed by atoms with van der Waals surface area (Å²) in [6.45, 7) is 4.39. The SMILES string of the molecule is CCCCCCCCCCCCNC(=O)C1CCCN1C(=O)[C@@H]1Cc2ccccc2CN1. The summed E-state index contributed by atoms with van der Waals surface area (Å²) in [6, 6.07) is 7.77. The lowest BCUT2D eigenvalue weighted by Crippen LogP contribution is -2.54. The molecule has 0 saturated carbocycles. The minimum absolute atomic E-state index is 0.0305. The maximum atomic E-state index is 13.2. The number of fused-ring (bicyclic) bond motifs is 1. The summed E-state index contributed by atoms with van der Waals surface area (Å²) >= 11 is 0. The van der Waals surface area contributed by atoms with Crippen LogP contribution >= 0.6 is 0 Å². The summed E-state index contributed by atoms with van der Waals surface area (Å²) < 4.78 is 0. The van der Waals surface area contributed by atoms with Gasteiger partial charge in [-0.2, -0.15) is 0 Å². The van der Waals surface area contributed by atoms with Gasteiger partial charge in [0.15, 0.2) is 0 Å². The van der Waals surface area contributed by atoms with Crippen molar-refractivity contribution in [2.24, 2.45) is 0 Å². The molecule has 2 atom stereocenters. The molecule has 1 aromatic rings. The lowest BCUT2D eigenvalue weighted by Gasteiger charge is -2.31. The number of hydrogen-bond acceptors (Lipinski definition) is 3. The summed E-state index contributed by atoms with van der Waals surface area (Å²) in [5.74, 6) is 0.110. The highest BCUT2D eigenvalue weighted by molar-refractivity contribution is 5.90. The fraction of sp³-hybridized carbons (Fsp3) is 0.704. The van der Waals surface area contributed by atoms with Crippen LogP contribution in [-0.4, -0.2) is 41.9 Å². The molecular formula is C27H43N3O2. The van der Waals surface area contributed by atoms with Gasteiger partial charge in [-0.25, -0.2) is 0 Å². The standard InChI is InChI=1S/C27H43N3O2/c1-2-3-4-5-6-7-8-9-10-13-18-28-26(31)25-17-14-19-30(25)27(32)24-20-22-15-11-12-16-23(22)21-29-24/h11-12,15-16,24-25,29H,2-10,13-14,17-21H2,1H3,(H,28,31)/t24-,25?/m0/s1. The van der Waals surface area contributed by atoms with Crippen LogP contribution in [0.5, 0.6) is 0 Å². The van der Waals surface area contributed by atoms with Gasteiger partial charge >= 0.3 is 0 Å². The number of carbonyl (C=O) groups excluding carboxylic acids is 2. The highest BCUT2D eigenvalue weighted by Gasteiger charge is 2.37. The second-order valence-electron chi connectivity index (χ2n) is 9.57. The van der Waals surface area contributed by atoms with Crippen LogP contribution in [0.4, 0.5) is 0 Å².